The van der Waals surface area contributed by atoms with E-state index in [2.05, 4.69) is 0 Å². The lowest BCUT2D eigenvalue weighted by atomic mass is 10.1. The molecule has 144 valence electrons. The predicted octanol–water partition coefficient (Wildman–Crippen LogP) is 3.97. The minimum atomic E-state index is -0.222. The van der Waals surface area contributed by atoms with Crippen LogP contribution in [0.1, 0.15) is 35.3 Å². The summed E-state index contributed by atoms with van der Waals surface area (Å²) in [6.07, 6.45) is 0.379. The minimum Gasteiger partial charge on any atom is -0.508 e. The van der Waals surface area contributed by atoms with E-state index in [0.29, 0.717) is 18.5 Å². The molecule has 2 aromatic carbocycles. The molecule has 3 aromatic rings. The van der Waals surface area contributed by atoms with Crippen LogP contribution in [-0.2, 0) is 22.6 Å². The van der Waals surface area contributed by atoms with Gasteiger partial charge in [0.15, 0.2) is 0 Å². The van der Waals surface area contributed by atoms with Gasteiger partial charge in [0.05, 0.1) is 12.1 Å². The molecule has 0 atom stereocenters. The summed E-state index contributed by atoms with van der Waals surface area (Å²) in [5, 5.41) is 12.1. The summed E-state index contributed by atoms with van der Waals surface area (Å²) in [4.78, 5) is 37.6. The van der Waals surface area contributed by atoms with Crippen LogP contribution >= 0.6 is 11.3 Å². The highest BCUT2D eigenvalue weighted by molar-refractivity contribution is 7.17. The van der Waals surface area contributed by atoms with E-state index in [9.17, 15) is 19.5 Å². The highest BCUT2D eigenvalue weighted by atomic mass is 32.1. The molecule has 1 N–H and O–H groups in total. The van der Waals surface area contributed by atoms with Crippen LogP contribution in [0.5, 0.6) is 5.75 Å². The number of carbonyl (C=O) groups excluding carboxylic acids is 3. The number of aromatic hydroxyl groups is 1. The Morgan fingerprint density at radius 1 is 0.964 bits per heavy atom. The van der Waals surface area contributed by atoms with Crippen LogP contribution in [0.3, 0.4) is 0 Å². The fourth-order valence-electron chi connectivity index (χ4n) is 3.09. The van der Waals surface area contributed by atoms with Gasteiger partial charge in [-0.15, -0.1) is 11.3 Å². The number of phenolic OH excluding ortho intramolecular Hbond substituents is 1. The van der Waals surface area contributed by atoms with Crippen molar-refractivity contribution < 1.29 is 19.5 Å². The maximum Gasteiger partial charge on any atom is 0.256 e. The van der Waals surface area contributed by atoms with Crippen molar-refractivity contribution in [2.75, 3.05) is 6.54 Å². The molecule has 1 heterocycles. The van der Waals surface area contributed by atoms with Crippen molar-refractivity contribution in [1.29, 1.82) is 0 Å². The fraction of sp³-hybridized carbons (Fsp3) is 0.227. The molecule has 5 nitrogen and oxygen atoms in total. The van der Waals surface area contributed by atoms with Crippen molar-refractivity contribution in [3.63, 3.8) is 0 Å². The number of Topliss-reactive ketones (excluding diaryl/α,β-unsaturated/α-hetero) is 2. The van der Waals surface area contributed by atoms with Gasteiger partial charge in [0.1, 0.15) is 17.3 Å². The Kier molecular flexibility index (Phi) is 5.90. The number of hydrogen-bond donors (Lipinski definition) is 1. The van der Waals surface area contributed by atoms with Crippen LogP contribution in [-0.4, -0.2) is 34.0 Å². The van der Waals surface area contributed by atoms with Crippen molar-refractivity contribution in [3.05, 3.63) is 64.5 Å². The molecule has 0 spiro atoms. The van der Waals surface area contributed by atoms with Crippen molar-refractivity contribution in [1.82, 2.24) is 4.90 Å². The van der Waals surface area contributed by atoms with Gasteiger partial charge < -0.3 is 10.0 Å². The monoisotopic (exact) mass is 395 g/mol. The van der Waals surface area contributed by atoms with Crippen LogP contribution in [0.4, 0.5) is 0 Å². The number of benzene rings is 2. The second-order valence-corrected chi connectivity index (χ2v) is 7.80. The first-order valence-electron chi connectivity index (χ1n) is 8.89. The lowest BCUT2D eigenvalue weighted by Gasteiger charge is -2.21. The SMILES string of the molecule is CC(=O)Cc1ccc(CN(CC(C)=O)C(=O)c2csc3cc(O)ccc23)cc1. The molecule has 6 heteroatoms. The van der Waals surface area contributed by atoms with Crippen molar-refractivity contribution >= 4 is 38.9 Å². The Morgan fingerprint density at radius 2 is 1.64 bits per heavy atom. The largest absolute Gasteiger partial charge is 0.508 e. The average Bonchev–Trinajstić information content (AvgIpc) is 3.04. The normalized spacial score (nSPS) is 10.8. The van der Waals surface area contributed by atoms with Gasteiger partial charge in [0.25, 0.3) is 5.91 Å². The van der Waals surface area contributed by atoms with E-state index in [-0.39, 0.29) is 29.8 Å². The molecule has 28 heavy (non-hydrogen) atoms. The van der Waals surface area contributed by atoms with Gasteiger partial charge in [-0.2, -0.15) is 0 Å². The summed E-state index contributed by atoms with van der Waals surface area (Å²) in [5.74, 6) is -0.0743. The topological polar surface area (TPSA) is 74.7 Å². The highest BCUT2D eigenvalue weighted by Gasteiger charge is 2.21. The second-order valence-electron chi connectivity index (χ2n) is 6.89. The third-order valence-corrected chi connectivity index (χ3v) is 5.28. The second kappa shape index (κ2) is 8.35. The number of ketones is 2. The van der Waals surface area contributed by atoms with E-state index < -0.39 is 0 Å². The summed E-state index contributed by atoms with van der Waals surface area (Å²) >= 11 is 1.38. The van der Waals surface area contributed by atoms with Crippen molar-refractivity contribution in [2.24, 2.45) is 0 Å². The molecule has 3 rings (SSSR count). The first-order chi connectivity index (χ1) is 13.3. The van der Waals surface area contributed by atoms with Gasteiger partial charge in [0, 0.05) is 28.4 Å². The van der Waals surface area contributed by atoms with E-state index in [1.807, 2.05) is 24.3 Å². The molecule has 0 aliphatic heterocycles. The van der Waals surface area contributed by atoms with Crippen LogP contribution < -0.4 is 0 Å². The number of carbonyl (C=O) groups is 3. The fourth-order valence-corrected chi connectivity index (χ4v) is 4.06. The molecule has 0 radical (unpaired) electrons. The van der Waals surface area contributed by atoms with E-state index >= 15 is 0 Å². The molecule has 0 aliphatic rings. The zero-order valence-corrected chi connectivity index (χ0v) is 16.6. The molecule has 0 fully saturated rings. The Labute approximate surface area is 167 Å². The number of fused-ring (bicyclic) bond motifs is 1. The number of nitrogens with zero attached hydrogens (tertiary/aromatic N) is 1. The van der Waals surface area contributed by atoms with E-state index in [1.165, 1.54) is 23.2 Å². The minimum absolute atomic E-state index is 0.0173. The van der Waals surface area contributed by atoms with E-state index in [0.717, 1.165) is 21.2 Å². The Balaban J connectivity index is 1.85. The van der Waals surface area contributed by atoms with Gasteiger partial charge in [-0.25, -0.2) is 0 Å². The summed E-state index contributed by atoms with van der Waals surface area (Å²) in [5.41, 5.74) is 2.33. The molecule has 0 bridgehead atoms. The van der Waals surface area contributed by atoms with Gasteiger partial charge in [0.2, 0.25) is 0 Å². The maximum absolute atomic E-state index is 13.1. The van der Waals surface area contributed by atoms with Gasteiger partial charge in [-0.1, -0.05) is 24.3 Å². The Hall–Kier alpha value is -2.99. The van der Waals surface area contributed by atoms with Crippen LogP contribution in [0.2, 0.25) is 0 Å². The zero-order valence-electron chi connectivity index (χ0n) is 15.8. The van der Waals surface area contributed by atoms with E-state index in [4.69, 9.17) is 0 Å². The third-order valence-electron chi connectivity index (χ3n) is 4.34. The highest BCUT2D eigenvalue weighted by Crippen LogP contribution is 2.30. The van der Waals surface area contributed by atoms with Gasteiger partial charge in [-0.05, 0) is 43.2 Å². The number of thiophene rings is 1. The Bertz CT molecular complexity index is 1040. The number of hydrogen-bond acceptors (Lipinski definition) is 5. The first kappa shape index (κ1) is 19.8. The molecular formula is C22H21NO4S. The van der Waals surface area contributed by atoms with Crippen molar-refractivity contribution in [3.8, 4) is 5.75 Å². The standard InChI is InChI=1S/C22H21NO4S/c1-14(24)9-16-3-5-17(6-4-16)12-23(11-15(2)25)22(27)20-13-28-21-10-18(26)7-8-19(20)21/h3-8,10,13,26H,9,11-12H2,1-2H3. The molecule has 0 saturated carbocycles. The quantitative estimate of drug-likeness (QED) is 0.657. The summed E-state index contributed by atoms with van der Waals surface area (Å²) in [7, 11) is 0. The summed E-state index contributed by atoms with van der Waals surface area (Å²) < 4.78 is 0.819. The molecular weight excluding hydrogens is 374 g/mol. The lowest BCUT2D eigenvalue weighted by Crippen LogP contribution is -2.34. The smallest absolute Gasteiger partial charge is 0.256 e. The molecule has 0 unspecified atom stereocenters. The third kappa shape index (κ3) is 4.64. The zero-order chi connectivity index (χ0) is 20.3. The van der Waals surface area contributed by atoms with E-state index in [1.54, 1.807) is 30.5 Å². The van der Waals surface area contributed by atoms with Crippen LogP contribution in [0, 0.1) is 0 Å². The molecule has 0 aliphatic carbocycles. The molecule has 1 aromatic heterocycles. The lowest BCUT2D eigenvalue weighted by molar-refractivity contribution is -0.118. The van der Waals surface area contributed by atoms with Crippen LogP contribution in [0.15, 0.2) is 47.8 Å². The van der Waals surface area contributed by atoms with Gasteiger partial charge in [-0.3, -0.25) is 14.4 Å². The van der Waals surface area contributed by atoms with Crippen LogP contribution in [0.25, 0.3) is 10.1 Å². The Morgan fingerprint density at radius 3 is 2.29 bits per heavy atom. The van der Waals surface area contributed by atoms with Gasteiger partial charge >= 0.3 is 0 Å². The number of phenols is 1. The first-order valence-corrected chi connectivity index (χ1v) is 9.77. The summed E-state index contributed by atoms with van der Waals surface area (Å²) in [6.45, 7) is 3.32. The molecule has 0 saturated heterocycles. The number of amides is 1. The maximum atomic E-state index is 13.1. The average molecular weight is 395 g/mol. The number of rotatable bonds is 7. The predicted molar refractivity (Wildman–Crippen MR) is 110 cm³/mol. The van der Waals surface area contributed by atoms with Crippen molar-refractivity contribution in [2.45, 2.75) is 26.8 Å². The molecule has 1 amide bonds. The summed E-state index contributed by atoms with van der Waals surface area (Å²) in [6, 6.07) is 12.4.